The summed E-state index contributed by atoms with van der Waals surface area (Å²) in [7, 11) is 1.37. The fraction of sp³-hybridized carbons (Fsp3) is 0.200. The monoisotopic (exact) mass is 382 g/mol. The standard InChI is InChI=1S/C20H18N2O4S/c1-24-20(23)16(8-13-10-21-15-5-3-2-4-14(13)15)22-19(27)12-6-7-17-18(9-12)26-11-25-17/h2-7,9-10,16,21H,8,11H2,1H3,(H,22,27)/t16-/m0/s1. The lowest BCUT2D eigenvalue weighted by Gasteiger charge is -2.18. The molecule has 1 aliphatic heterocycles. The van der Waals surface area contributed by atoms with Gasteiger partial charge in [-0.3, -0.25) is 0 Å². The van der Waals surface area contributed by atoms with Gasteiger partial charge in [-0.2, -0.15) is 0 Å². The van der Waals surface area contributed by atoms with Crippen molar-refractivity contribution in [2.75, 3.05) is 13.9 Å². The first-order valence-corrected chi connectivity index (χ1v) is 8.90. The summed E-state index contributed by atoms with van der Waals surface area (Å²) < 4.78 is 15.7. The van der Waals surface area contributed by atoms with E-state index in [1.165, 1.54) is 7.11 Å². The first-order valence-electron chi connectivity index (χ1n) is 8.49. The normalized spacial score (nSPS) is 13.4. The number of fused-ring (bicyclic) bond motifs is 2. The van der Waals surface area contributed by atoms with Crippen molar-refractivity contribution < 1.29 is 19.0 Å². The van der Waals surface area contributed by atoms with Crippen LogP contribution in [0, 0.1) is 0 Å². The van der Waals surface area contributed by atoms with Crippen LogP contribution < -0.4 is 14.8 Å². The summed E-state index contributed by atoms with van der Waals surface area (Å²) in [6.07, 6.45) is 2.35. The van der Waals surface area contributed by atoms with Crippen molar-refractivity contribution in [2.45, 2.75) is 12.5 Å². The Morgan fingerprint density at radius 2 is 2.07 bits per heavy atom. The second-order valence-electron chi connectivity index (χ2n) is 6.18. The van der Waals surface area contributed by atoms with E-state index in [0.29, 0.717) is 22.9 Å². The Balaban J connectivity index is 1.55. The molecule has 3 aromatic rings. The molecule has 6 nitrogen and oxygen atoms in total. The Morgan fingerprint density at radius 1 is 1.26 bits per heavy atom. The van der Waals surface area contributed by atoms with Crippen LogP contribution in [0.1, 0.15) is 11.1 Å². The predicted molar refractivity (Wildman–Crippen MR) is 105 cm³/mol. The zero-order valence-corrected chi connectivity index (χ0v) is 15.5. The SMILES string of the molecule is COC(=O)[C@H](Cc1c[nH]c2ccccc12)NC(=S)c1ccc2c(c1)OCO2. The van der Waals surface area contributed by atoms with E-state index in [4.69, 9.17) is 26.4 Å². The molecule has 0 saturated heterocycles. The molecule has 0 amide bonds. The molecule has 4 rings (SSSR count). The first-order chi connectivity index (χ1) is 13.2. The maximum Gasteiger partial charge on any atom is 0.328 e. The Hall–Kier alpha value is -3.06. The van der Waals surface area contributed by atoms with Gasteiger partial charge in [0.2, 0.25) is 6.79 Å². The number of aromatic amines is 1. The number of hydrogen-bond donors (Lipinski definition) is 2. The number of benzene rings is 2. The van der Waals surface area contributed by atoms with Gasteiger partial charge in [0.25, 0.3) is 0 Å². The van der Waals surface area contributed by atoms with Crippen LogP contribution >= 0.6 is 12.2 Å². The van der Waals surface area contributed by atoms with Crippen molar-refractivity contribution in [3.8, 4) is 11.5 Å². The van der Waals surface area contributed by atoms with Gasteiger partial charge in [-0.15, -0.1) is 0 Å². The highest BCUT2D eigenvalue weighted by atomic mass is 32.1. The minimum absolute atomic E-state index is 0.199. The lowest BCUT2D eigenvalue weighted by Crippen LogP contribution is -2.42. The number of para-hydroxylation sites is 1. The van der Waals surface area contributed by atoms with Crippen LogP contribution in [0.25, 0.3) is 10.9 Å². The van der Waals surface area contributed by atoms with Crippen molar-refractivity contribution >= 4 is 34.1 Å². The fourth-order valence-corrected chi connectivity index (χ4v) is 3.40. The molecular formula is C20H18N2O4S. The van der Waals surface area contributed by atoms with Gasteiger partial charge in [0.05, 0.1) is 7.11 Å². The molecule has 0 bridgehead atoms. The summed E-state index contributed by atoms with van der Waals surface area (Å²) in [5.74, 6) is 0.955. The van der Waals surface area contributed by atoms with Gasteiger partial charge in [0.1, 0.15) is 11.0 Å². The summed E-state index contributed by atoms with van der Waals surface area (Å²) in [6, 6.07) is 12.8. The van der Waals surface area contributed by atoms with Gasteiger partial charge < -0.3 is 24.5 Å². The van der Waals surface area contributed by atoms with Gasteiger partial charge in [0, 0.05) is 29.1 Å². The zero-order valence-electron chi connectivity index (χ0n) is 14.7. The molecule has 138 valence electrons. The molecule has 1 atom stereocenters. The number of methoxy groups -OCH3 is 1. The Bertz CT molecular complexity index is 1010. The number of carbonyl (C=O) groups is 1. The van der Waals surface area contributed by atoms with Crippen LogP contribution in [-0.2, 0) is 16.0 Å². The smallest absolute Gasteiger partial charge is 0.328 e. The third kappa shape index (κ3) is 3.46. The van der Waals surface area contributed by atoms with Crippen molar-refractivity contribution in [1.29, 1.82) is 0 Å². The maximum atomic E-state index is 12.3. The number of H-pyrrole nitrogens is 1. The van der Waals surface area contributed by atoms with E-state index in [2.05, 4.69) is 10.3 Å². The highest BCUT2D eigenvalue weighted by Gasteiger charge is 2.23. The van der Waals surface area contributed by atoms with Crippen molar-refractivity contribution in [2.24, 2.45) is 0 Å². The van der Waals surface area contributed by atoms with E-state index in [-0.39, 0.29) is 12.8 Å². The molecule has 1 aromatic heterocycles. The maximum absolute atomic E-state index is 12.3. The van der Waals surface area contributed by atoms with Crippen molar-refractivity contribution in [3.63, 3.8) is 0 Å². The number of hydrogen-bond acceptors (Lipinski definition) is 5. The number of aromatic nitrogens is 1. The lowest BCUT2D eigenvalue weighted by atomic mass is 10.0. The summed E-state index contributed by atoms with van der Waals surface area (Å²) in [6.45, 7) is 0.199. The van der Waals surface area contributed by atoms with Gasteiger partial charge in [-0.1, -0.05) is 30.4 Å². The van der Waals surface area contributed by atoms with Crippen LogP contribution in [0.4, 0.5) is 0 Å². The molecule has 2 heterocycles. The number of esters is 1. The molecule has 0 saturated carbocycles. The van der Waals surface area contributed by atoms with Gasteiger partial charge in [-0.05, 0) is 29.8 Å². The number of ether oxygens (including phenoxy) is 3. The van der Waals surface area contributed by atoms with Crippen molar-refractivity contribution in [1.82, 2.24) is 10.3 Å². The molecule has 0 unspecified atom stereocenters. The molecule has 27 heavy (non-hydrogen) atoms. The third-order valence-corrected chi connectivity index (χ3v) is 4.88. The number of carbonyl (C=O) groups excluding carboxylic acids is 1. The fourth-order valence-electron chi connectivity index (χ4n) is 3.14. The quantitative estimate of drug-likeness (QED) is 0.522. The summed E-state index contributed by atoms with van der Waals surface area (Å²) in [5, 5.41) is 4.20. The summed E-state index contributed by atoms with van der Waals surface area (Å²) in [5.41, 5.74) is 2.79. The van der Waals surface area contributed by atoms with Gasteiger partial charge in [0.15, 0.2) is 11.5 Å². The second kappa shape index (κ2) is 7.28. The van der Waals surface area contributed by atoms with E-state index in [0.717, 1.165) is 22.0 Å². The highest BCUT2D eigenvalue weighted by molar-refractivity contribution is 7.80. The molecule has 0 spiro atoms. The second-order valence-corrected chi connectivity index (χ2v) is 6.59. The molecule has 0 radical (unpaired) electrons. The number of thiocarbonyl (C=S) groups is 1. The van der Waals surface area contributed by atoms with E-state index in [9.17, 15) is 4.79 Å². The first kappa shape index (κ1) is 17.4. The summed E-state index contributed by atoms with van der Waals surface area (Å²) >= 11 is 5.50. The molecule has 2 N–H and O–H groups in total. The topological polar surface area (TPSA) is 72.6 Å². The van der Waals surface area contributed by atoms with Crippen LogP contribution in [0.2, 0.25) is 0 Å². The molecule has 7 heteroatoms. The third-order valence-electron chi connectivity index (χ3n) is 4.52. The Kier molecular flexibility index (Phi) is 4.68. The summed E-state index contributed by atoms with van der Waals surface area (Å²) in [4.78, 5) is 16.0. The lowest BCUT2D eigenvalue weighted by molar-refractivity contribution is -0.142. The van der Waals surface area contributed by atoms with Gasteiger partial charge in [-0.25, -0.2) is 4.79 Å². The predicted octanol–water partition coefficient (Wildman–Crippen LogP) is 2.95. The van der Waals surface area contributed by atoms with Crippen molar-refractivity contribution in [3.05, 3.63) is 59.8 Å². The van der Waals surface area contributed by atoms with E-state index < -0.39 is 6.04 Å². The van der Waals surface area contributed by atoms with Gasteiger partial charge >= 0.3 is 5.97 Å². The van der Waals surface area contributed by atoms with Crippen LogP contribution in [0.5, 0.6) is 11.5 Å². The van der Waals surface area contributed by atoms with E-state index >= 15 is 0 Å². The number of rotatable bonds is 5. The minimum Gasteiger partial charge on any atom is -0.467 e. The average Bonchev–Trinajstić information content (AvgIpc) is 3.33. The molecule has 2 aromatic carbocycles. The highest BCUT2D eigenvalue weighted by Crippen LogP contribution is 2.32. The average molecular weight is 382 g/mol. The largest absolute Gasteiger partial charge is 0.467 e. The van der Waals surface area contributed by atoms with Crippen LogP contribution in [0.3, 0.4) is 0 Å². The van der Waals surface area contributed by atoms with E-state index in [1.807, 2.05) is 36.5 Å². The number of nitrogens with one attached hydrogen (secondary N) is 2. The van der Waals surface area contributed by atoms with Crippen LogP contribution in [0.15, 0.2) is 48.7 Å². The van der Waals surface area contributed by atoms with E-state index in [1.54, 1.807) is 12.1 Å². The Morgan fingerprint density at radius 3 is 2.93 bits per heavy atom. The van der Waals surface area contributed by atoms with Crippen LogP contribution in [-0.4, -0.2) is 35.9 Å². The molecule has 0 fully saturated rings. The molecular weight excluding hydrogens is 364 g/mol. The minimum atomic E-state index is -0.605. The molecule has 0 aliphatic carbocycles. The zero-order chi connectivity index (χ0) is 18.8. The molecule has 1 aliphatic rings. The Labute approximate surface area is 161 Å².